The Hall–Kier alpha value is -3.61. The Morgan fingerprint density at radius 3 is 2.61 bits per heavy atom. The number of hydrogen-bond donors (Lipinski definition) is 2. The molecule has 2 aromatic carbocycles. The summed E-state index contributed by atoms with van der Waals surface area (Å²) in [7, 11) is 1.81. The van der Waals surface area contributed by atoms with Crippen molar-refractivity contribution in [2.24, 2.45) is 0 Å². The molecule has 0 unspecified atom stereocenters. The van der Waals surface area contributed by atoms with Crippen LogP contribution in [0.5, 0.6) is 0 Å². The Morgan fingerprint density at radius 1 is 1.10 bits per heavy atom. The molecule has 0 bridgehead atoms. The van der Waals surface area contributed by atoms with E-state index < -0.39 is 0 Å². The van der Waals surface area contributed by atoms with Crippen LogP contribution < -0.4 is 5.32 Å². The van der Waals surface area contributed by atoms with Crippen molar-refractivity contribution in [3.8, 4) is 5.69 Å². The lowest BCUT2D eigenvalue weighted by Gasteiger charge is -2.18. The van der Waals surface area contributed by atoms with E-state index in [4.69, 9.17) is 0 Å². The van der Waals surface area contributed by atoms with Crippen molar-refractivity contribution in [2.75, 3.05) is 13.6 Å². The zero-order valence-electron chi connectivity index (χ0n) is 18.2. The van der Waals surface area contributed by atoms with Gasteiger partial charge in [0.05, 0.1) is 29.0 Å². The van der Waals surface area contributed by atoms with E-state index in [9.17, 15) is 4.79 Å². The number of carbonyl (C=O) groups is 1. The third kappa shape index (κ3) is 4.60. The Bertz CT molecular complexity index is 1140. The van der Waals surface area contributed by atoms with Gasteiger partial charge in [0.1, 0.15) is 5.82 Å². The second-order valence-electron chi connectivity index (χ2n) is 7.79. The number of rotatable bonds is 7. The summed E-state index contributed by atoms with van der Waals surface area (Å²) < 4.78 is 1.93. The summed E-state index contributed by atoms with van der Waals surface area (Å²) in [5.41, 5.74) is 6.10. The number of aryl methyl sites for hydroxylation is 2. The topological polar surface area (TPSA) is 78.8 Å². The molecule has 4 aromatic rings. The van der Waals surface area contributed by atoms with Gasteiger partial charge in [-0.2, -0.15) is 5.10 Å². The van der Waals surface area contributed by atoms with Gasteiger partial charge in [-0.15, -0.1) is 0 Å². The Balaban J connectivity index is 1.30. The summed E-state index contributed by atoms with van der Waals surface area (Å²) in [5.74, 6) is 0.948. The van der Waals surface area contributed by atoms with E-state index >= 15 is 0 Å². The number of amides is 2. The van der Waals surface area contributed by atoms with Gasteiger partial charge >= 0.3 is 6.03 Å². The Kier molecular flexibility index (Phi) is 6.02. The summed E-state index contributed by atoms with van der Waals surface area (Å²) in [4.78, 5) is 22.2. The van der Waals surface area contributed by atoms with E-state index in [1.54, 1.807) is 4.90 Å². The lowest BCUT2D eigenvalue weighted by Crippen LogP contribution is -2.37. The number of urea groups is 1. The Labute approximate surface area is 182 Å². The number of fused-ring (bicyclic) bond motifs is 1. The highest BCUT2D eigenvalue weighted by Crippen LogP contribution is 2.19. The van der Waals surface area contributed by atoms with E-state index in [-0.39, 0.29) is 6.03 Å². The largest absolute Gasteiger partial charge is 0.342 e. The first-order chi connectivity index (χ1) is 15.0. The predicted molar refractivity (Wildman–Crippen MR) is 122 cm³/mol. The third-order valence-corrected chi connectivity index (χ3v) is 5.49. The van der Waals surface area contributed by atoms with Crippen LogP contribution in [0.2, 0.25) is 0 Å². The molecule has 0 aliphatic carbocycles. The van der Waals surface area contributed by atoms with Gasteiger partial charge < -0.3 is 15.2 Å². The van der Waals surface area contributed by atoms with Gasteiger partial charge in [0.15, 0.2) is 0 Å². The van der Waals surface area contributed by atoms with E-state index in [2.05, 4.69) is 20.4 Å². The lowest BCUT2D eigenvalue weighted by molar-refractivity contribution is 0.206. The Morgan fingerprint density at radius 2 is 1.84 bits per heavy atom. The number of para-hydroxylation sites is 3. The second-order valence-corrected chi connectivity index (χ2v) is 7.79. The maximum Gasteiger partial charge on any atom is 0.317 e. The molecular weight excluding hydrogens is 388 g/mol. The summed E-state index contributed by atoms with van der Waals surface area (Å²) in [5, 5.41) is 7.67. The molecule has 0 saturated heterocycles. The highest BCUT2D eigenvalue weighted by atomic mass is 16.2. The second kappa shape index (κ2) is 9.04. The zero-order chi connectivity index (χ0) is 21.8. The van der Waals surface area contributed by atoms with Crippen LogP contribution in [0, 0.1) is 13.8 Å². The summed E-state index contributed by atoms with van der Waals surface area (Å²) in [6, 6.07) is 17.9. The van der Waals surface area contributed by atoms with E-state index in [0.717, 1.165) is 52.3 Å². The zero-order valence-corrected chi connectivity index (χ0v) is 18.2. The number of nitrogens with zero attached hydrogens (tertiary/aromatic N) is 4. The number of aromatic amines is 1. The molecule has 2 N–H and O–H groups in total. The average molecular weight is 417 g/mol. The standard InChI is InChI=1S/C24H28N6O/c1-17-20(18(2)30(28-17)19-10-5-4-6-11-19)16-29(3)24(31)25-15-9-14-23-26-21-12-7-8-13-22(21)27-23/h4-8,10-13H,9,14-16H2,1-3H3,(H,25,31)(H,26,27). The van der Waals surface area contributed by atoms with Crippen molar-refractivity contribution in [1.29, 1.82) is 0 Å². The smallest absolute Gasteiger partial charge is 0.317 e. The van der Waals surface area contributed by atoms with Crippen LogP contribution in [0.25, 0.3) is 16.7 Å². The summed E-state index contributed by atoms with van der Waals surface area (Å²) in [6.45, 7) is 5.14. The number of H-pyrrole nitrogens is 1. The van der Waals surface area contributed by atoms with Gasteiger partial charge in [-0.1, -0.05) is 30.3 Å². The minimum Gasteiger partial charge on any atom is -0.342 e. The number of nitrogens with one attached hydrogen (secondary N) is 2. The van der Waals surface area contributed by atoms with Crippen molar-refractivity contribution in [3.63, 3.8) is 0 Å². The number of hydrogen-bond acceptors (Lipinski definition) is 3. The molecule has 4 rings (SSSR count). The van der Waals surface area contributed by atoms with Crippen LogP contribution in [0.4, 0.5) is 4.79 Å². The van der Waals surface area contributed by atoms with Crippen molar-refractivity contribution in [3.05, 3.63) is 77.4 Å². The number of carbonyl (C=O) groups excluding carboxylic acids is 1. The highest BCUT2D eigenvalue weighted by molar-refractivity contribution is 5.75. The van der Waals surface area contributed by atoms with E-state index in [0.29, 0.717) is 13.1 Å². The SMILES string of the molecule is Cc1nn(-c2ccccc2)c(C)c1CN(C)C(=O)NCCCc1nc2ccccc2[nH]1. The van der Waals surface area contributed by atoms with Crippen LogP contribution >= 0.6 is 0 Å². The van der Waals surface area contributed by atoms with E-state index in [1.807, 2.05) is 80.2 Å². The molecule has 0 aliphatic rings. The van der Waals surface area contributed by atoms with Crippen molar-refractivity contribution >= 4 is 17.1 Å². The highest BCUT2D eigenvalue weighted by Gasteiger charge is 2.17. The predicted octanol–water partition coefficient (Wildman–Crippen LogP) is 4.14. The summed E-state index contributed by atoms with van der Waals surface area (Å²) in [6.07, 6.45) is 1.62. The fraction of sp³-hybridized carbons (Fsp3) is 0.292. The molecule has 31 heavy (non-hydrogen) atoms. The van der Waals surface area contributed by atoms with Crippen molar-refractivity contribution < 1.29 is 4.79 Å². The third-order valence-electron chi connectivity index (χ3n) is 5.49. The van der Waals surface area contributed by atoms with Gasteiger partial charge in [0.25, 0.3) is 0 Å². The fourth-order valence-corrected chi connectivity index (χ4v) is 3.74. The number of imidazole rings is 1. The van der Waals surface area contributed by atoms with Crippen molar-refractivity contribution in [2.45, 2.75) is 33.2 Å². The van der Waals surface area contributed by atoms with Gasteiger partial charge in [-0.25, -0.2) is 14.5 Å². The molecule has 2 aromatic heterocycles. The molecule has 0 atom stereocenters. The normalized spacial score (nSPS) is 11.1. The first-order valence-electron chi connectivity index (χ1n) is 10.6. The van der Waals surface area contributed by atoms with Crippen LogP contribution in [-0.4, -0.2) is 44.3 Å². The van der Waals surface area contributed by atoms with Crippen LogP contribution in [0.1, 0.15) is 29.2 Å². The maximum atomic E-state index is 12.6. The number of aromatic nitrogens is 4. The van der Waals surface area contributed by atoms with E-state index in [1.165, 1.54) is 0 Å². The molecule has 0 radical (unpaired) electrons. The van der Waals surface area contributed by atoms with Gasteiger partial charge in [0.2, 0.25) is 0 Å². The molecule has 0 fully saturated rings. The number of benzene rings is 2. The minimum atomic E-state index is -0.0872. The molecular formula is C24H28N6O. The molecule has 0 aliphatic heterocycles. The van der Waals surface area contributed by atoms with Crippen LogP contribution in [-0.2, 0) is 13.0 Å². The molecule has 7 heteroatoms. The van der Waals surface area contributed by atoms with Crippen molar-refractivity contribution in [1.82, 2.24) is 30.0 Å². The van der Waals surface area contributed by atoms with Gasteiger partial charge in [-0.05, 0) is 44.5 Å². The van der Waals surface area contributed by atoms with Crippen LogP contribution in [0.3, 0.4) is 0 Å². The maximum absolute atomic E-state index is 12.6. The minimum absolute atomic E-state index is 0.0872. The van der Waals surface area contributed by atoms with Gasteiger partial charge in [-0.3, -0.25) is 0 Å². The first kappa shape index (κ1) is 20.7. The molecule has 160 valence electrons. The summed E-state index contributed by atoms with van der Waals surface area (Å²) >= 11 is 0. The molecule has 7 nitrogen and oxygen atoms in total. The quantitative estimate of drug-likeness (QED) is 0.445. The first-order valence-corrected chi connectivity index (χ1v) is 10.6. The molecule has 2 amide bonds. The van der Waals surface area contributed by atoms with Crippen LogP contribution in [0.15, 0.2) is 54.6 Å². The monoisotopic (exact) mass is 416 g/mol. The lowest BCUT2D eigenvalue weighted by atomic mass is 10.2. The molecule has 0 saturated carbocycles. The molecule has 2 heterocycles. The average Bonchev–Trinajstić information content (AvgIpc) is 3.32. The fourth-order valence-electron chi connectivity index (χ4n) is 3.74. The molecule has 0 spiro atoms. The van der Waals surface area contributed by atoms with Gasteiger partial charge in [0, 0.05) is 31.3 Å².